The maximum atomic E-state index is 11.4. The number of carbonyl (C=O) groups excluding carboxylic acids is 1. The monoisotopic (exact) mass is 640 g/mol. The Kier molecular flexibility index (Phi) is 32.6. The van der Waals surface area contributed by atoms with Gasteiger partial charge in [-0.05, 0) is 25.7 Å². The molecule has 0 N–H and O–H groups in total. The Hall–Kier alpha value is -0.970. The molecule has 0 aromatic carbocycles. The summed E-state index contributed by atoms with van der Waals surface area (Å²) in [5.41, 5.74) is 0. The van der Waals surface area contributed by atoms with Crippen molar-refractivity contribution in [2.75, 3.05) is 139 Å². The van der Waals surface area contributed by atoms with Crippen LogP contribution in [0, 0.1) is 0 Å². The smallest absolute Gasteiger partial charge is 0.305 e. The van der Waals surface area contributed by atoms with E-state index < -0.39 is 0 Å². The summed E-state index contributed by atoms with van der Waals surface area (Å²) in [6.07, 6.45) is 6.69. The Morgan fingerprint density at radius 2 is 0.909 bits per heavy atom. The van der Waals surface area contributed by atoms with E-state index in [0.717, 1.165) is 45.1 Å². The van der Waals surface area contributed by atoms with Gasteiger partial charge in [0.05, 0.1) is 126 Å². The van der Waals surface area contributed by atoms with Crippen LogP contribution in [-0.4, -0.2) is 151 Å². The highest BCUT2D eigenvalue weighted by atomic mass is 16.7. The third-order valence-electron chi connectivity index (χ3n) is 6.12. The van der Waals surface area contributed by atoms with Crippen LogP contribution in [-0.2, 0) is 61.6 Å². The van der Waals surface area contributed by atoms with Gasteiger partial charge < -0.3 is 56.8 Å². The molecule has 0 spiro atoms. The standard InChI is InChI=1S/C31H60O13/c1-2-3-4-7-30(32)42-28-26-40-24-22-38-20-18-36-16-14-34-12-10-33-11-13-35-15-17-37-19-21-39-23-25-41-27-29-44-31-8-5-6-9-43-31/h31H,2-29H2,1H3. The van der Waals surface area contributed by atoms with Crippen molar-refractivity contribution in [3.63, 3.8) is 0 Å². The minimum Gasteiger partial charge on any atom is -0.463 e. The van der Waals surface area contributed by atoms with Crippen LogP contribution in [0.5, 0.6) is 0 Å². The molecule has 1 fully saturated rings. The van der Waals surface area contributed by atoms with Gasteiger partial charge in [0.15, 0.2) is 6.29 Å². The summed E-state index contributed by atoms with van der Waals surface area (Å²) in [6.45, 7) is 12.7. The summed E-state index contributed by atoms with van der Waals surface area (Å²) in [7, 11) is 0. The second-order valence-electron chi connectivity index (χ2n) is 9.86. The van der Waals surface area contributed by atoms with Crippen molar-refractivity contribution in [2.24, 2.45) is 0 Å². The van der Waals surface area contributed by atoms with Crippen molar-refractivity contribution < 1.29 is 61.6 Å². The van der Waals surface area contributed by atoms with E-state index >= 15 is 0 Å². The molecule has 13 nitrogen and oxygen atoms in total. The average molecular weight is 641 g/mol. The number of unbranched alkanes of at least 4 members (excludes halogenated alkanes) is 2. The van der Waals surface area contributed by atoms with Crippen molar-refractivity contribution in [3.8, 4) is 0 Å². The second-order valence-corrected chi connectivity index (χ2v) is 9.86. The summed E-state index contributed by atoms with van der Waals surface area (Å²) in [5.74, 6) is -0.158. The van der Waals surface area contributed by atoms with Crippen molar-refractivity contribution in [1.29, 1.82) is 0 Å². The molecule has 0 bridgehead atoms. The fourth-order valence-corrected chi connectivity index (χ4v) is 3.75. The summed E-state index contributed by atoms with van der Waals surface area (Å²) in [6, 6.07) is 0. The highest BCUT2D eigenvalue weighted by molar-refractivity contribution is 5.69. The van der Waals surface area contributed by atoms with Crippen molar-refractivity contribution in [2.45, 2.75) is 58.2 Å². The zero-order valence-electron chi connectivity index (χ0n) is 27.2. The highest BCUT2D eigenvalue weighted by Gasteiger charge is 2.13. The molecule has 0 saturated carbocycles. The Labute approximate surface area is 264 Å². The molecule has 1 aliphatic heterocycles. The SMILES string of the molecule is CCCCCC(=O)OCCOCCOCCOCCOCCOCCOCCOCCOCCOCCOC1CCCCO1. The Balaban J connectivity index is 1.62. The van der Waals surface area contributed by atoms with Gasteiger partial charge in [-0.25, -0.2) is 0 Å². The third kappa shape index (κ3) is 31.0. The van der Waals surface area contributed by atoms with Crippen molar-refractivity contribution in [3.05, 3.63) is 0 Å². The van der Waals surface area contributed by atoms with Gasteiger partial charge in [0.2, 0.25) is 0 Å². The largest absolute Gasteiger partial charge is 0.463 e. The van der Waals surface area contributed by atoms with Gasteiger partial charge in [0, 0.05) is 13.0 Å². The van der Waals surface area contributed by atoms with E-state index in [9.17, 15) is 4.79 Å². The lowest BCUT2D eigenvalue weighted by Gasteiger charge is -2.22. The molecule has 0 radical (unpaired) electrons. The van der Waals surface area contributed by atoms with Crippen LogP contribution in [0.2, 0.25) is 0 Å². The van der Waals surface area contributed by atoms with Crippen molar-refractivity contribution in [1.82, 2.24) is 0 Å². The highest BCUT2D eigenvalue weighted by Crippen LogP contribution is 2.13. The lowest BCUT2D eigenvalue weighted by Crippen LogP contribution is -2.24. The molecule has 1 atom stereocenters. The minimum atomic E-state index is -0.158. The number of carbonyl (C=O) groups is 1. The van der Waals surface area contributed by atoms with E-state index in [-0.39, 0.29) is 18.9 Å². The molecule has 0 amide bonds. The Morgan fingerprint density at radius 3 is 1.27 bits per heavy atom. The molecule has 1 unspecified atom stereocenters. The molecular weight excluding hydrogens is 580 g/mol. The quantitative estimate of drug-likeness (QED) is 0.0745. The predicted molar refractivity (Wildman–Crippen MR) is 162 cm³/mol. The summed E-state index contributed by atoms with van der Waals surface area (Å²) < 4.78 is 65.3. The van der Waals surface area contributed by atoms with Gasteiger partial charge in [0.1, 0.15) is 6.61 Å². The van der Waals surface area contributed by atoms with Crippen LogP contribution in [0.25, 0.3) is 0 Å². The lowest BCUT2D eigenvalue weighted by atomic mass is 10.2. The van der Waals surface area contributed by atoms with E-state index in [1.807, 2.05) is 0 Å². The lowest BCUT2D eigenvalue weighted by molar-refractivity contribution is -0.169. The molecule has 1 heterocycles. The molecule has 13 heteroatoms. The van der Waals surface area contributed by atoms with Crippen LogP contribution >= 0.6 is 0 Å². The first kappa shape index (κ1) is 41.1. The zero-order chi connectivity index (χ0) is 31.4. The Morgan fingerprint density at radius 1 is 0.523 bits per heavy atom. The first-order valence-electron chi connectivity index (χ1n) is 16.4. The molecule has 1 aliphatic rings. The molecule has 44 heavy (non-hydrogen) atoms. The fourth-order valence-electron chi connectivity index (χ4n) is 3.75. The number of hydrogen-bond acceptors (Lipinski definition) is 13. The van der Waals surface area contributed by atoms with E-state index in [2.05, 4.69) is 6.92 Å². The summed E-state index contributed by atoms with van der Waals surface area (Å²) in [5, 5.41) is 0. The number of ether oxygens (including phenoxy) is 12. The zero-order valence-corrected chi connectivity index (χ0v) is 27.2. The van der Waals surface area contributed by atoms with E-state index in [0.29, 0.717) is 132 Å². The van der Waals surface area contributed by atoms with Crippen molar-refractivity contribution >= 4 is 5.97 Å². The first-order chi connectivity index (χ1) is 21.8. The van der Waals surface area contributed by atoms with Crippen LogP contribution in [0.1, 0.15) is 51.9 Å². The second kappa shape index (κ2) is 34.9. The van der Waals surface area contributed by atoms with Crippen LogP contribution in [0.3, 0.4) is 0 Å². The van der Waals surface area contributed by atoms with Gasteiger partial charge >= 0.3 is 5.97 Å². The topological polar surface area (TPSA) is 128 Å². The molecule has 1 rings (SSSR count). The van der Waals surface area contributed by atoms with Gasteiger partial charge in [0.25, 0.3) is 0 Å². The maximum absolute atomic E-state index is 11.4. The molecule has 0 aromatic heterocycles. The third-order valence-corrected chi connectivity index (χ3v) is 6.12. The van der Waals surface area contributed by atoms with Gasteiger partial charge in [-0.15, -0.1) is 0 Å². The number of hydrogen-bond donors (Lipinski definition) is 0. The van der Waals surface area contributed by atoms with Gasteiger partial charge in [-0.3, -0.25) is 4.79 Å². The number of rotatable bonds is 35. The summed E-state index contributed by atoms with van der Waals surface area (Å²) in [4.78, 5) is 11.4. The summed E-state index contributed by atoms with van der Waals surface area (Å²) >= 11 is 0. The van der Waals surface area contributed by atoms with Crippen LogP contribution < -0.4 is 0 Å². The number of esters is 1. The van der Waals surface area contributed by atoms with Crippen LogP contribution in [0.15, 0.2) is 0 Å². The normalized spacial score (nSPS) is 15.2. The van der Waals surface area contributed by atoms with E-state index in [1.165, 1.54) is 0 Å². The van der Waals surface area contributed by atoms with Gasteiger partial charge in [-0.2, -0.15) is 0 Å². The van der Waals surface area contributed by atoms with E-state index in [1.54, 1.807) is 0 Å². The fraction of sp³-hybridized carbons (Fsp3) is 0.968. The molecule has 0 aliphatic carbocycles. The minimum absolute atomic E-state index is 0.0670. The Bertz CT molecular complexity index is 579. The maximum Gasteiger partial charge on any atom is 0.305 e. The predicted octanol–water partition coefficient (Wildman–Crippen LogP) is 2.80. The molecular formula is C31H60O13. The van der Waals surface area contributed by atoms with E-state index in [4.69, 9.17) is 56.8 Å². The molecule has 0 aromatic rings. The molecule has 1 saturated heterocycles. The first-order valence-corrected chi connectivity index (χ1v) is 16.4. The van der Waals surface area contributed by atoms with Gasteiger partial charge in [-0.1, -0.05) is 19.8 Å². The average Bonchev–Trinajstić information content (AvgIpc) is 3.04. The molecule has 262 valence electrons. The van der Waals surface area contributed by atoms with Crippen LogP contribution in [0.4, 0.5) is 0 Å².